The Morgan fingerprint density at radius 1 is 1.18 bits per heavy atom. The van der Waals surface area contributed by atoms with Crippen LogP contribution >= 0.6 is 0 Å². The lowest BCUT2D eigenvalue weighted by atomic mass is 10.1. The summed E-state index contributed by atoms with van der Waals surface area (Å²) in [5.74, 6) is -0.351. The number of methoxy groups -OCH3 is 3. The number of carbonyl (C=O) groups is 1. The van der Waals surface area contributed by atoms with E-state index < -0.39 is 18.7 Å². The first kappa shape index (κ1) is 17.8. The van der Waals surface area contributed by atoms with Crippen LogP contribution in [0.1, 0.15) is 5.56 Å². The third-order valence-electron chi connectivity index (χ3n) is 2.77. The molecule has 0 saturated heterocycles. The molecule has 2 N–H and O–H groups in total. The van der Waals surface area contributed by atoms with Crippen molar-refractivity contribution in [2.45, 2.75) is 6.10 Å². The zero-order valence-corrected chi connectivity index (χ0v) is 12.7. The van der Waals surface area contributed by atoms with E-state index in [1.54, 1.807) is 24.3 Å². The lowest BCUT2D eigenvalue weighted by molar-refractivity contribution is -0.146. The Hall–Kier alpha value is -2.25. The number of benzene rings is 1. The van der Waals surface area contributed by atoms with Crippen molar-refractivity contribution in [1.82, 2.24) is 0 Å². The zero-order chi connectivity index (χ0) is 16.5. The second-order valence-electron chi connectivity index (χ2n) is 4.20. The predicted octanol–water partition coefficient (Wildman–Crippen LogP) is 0.553. The molecule has 0 saturated carbocycles. The van der Waals surface area contributed by atoms with E-state index in [4.69, 9.17) is 24.1 Å². The van der Waals surface area contributed by atoms with Gasteiger partial charge in [-0.3, -0.25) is 0 Å². The molecule has 0 aliphatic carbocycles. The van der Waals surface area contributed by atoms with Crippen molar-refractivity contribution in [3.63, 3.8) is 0 Å². The van der Waals surface area contributed by atoms with E-state index in [-0.39, 0.29) is 18.1 Å². The van der Waals surface area contributed by atoms with Crippen LogP contribution in [0.25, 0.3) is 5.76 Å². The first-order valence-corrected chi connectivity index (χ1v) is 6.50. The topological polar surface area (TPSA) is 94.5 Å². The number of aliphatic hydroxyl groups is 2. The monoisotopic (exact) mass is 312 g/mol. The van der Waals surface area contributed by atoms with Gasteiger partial charge in [0.2, 0.25) is 5.76 Å². The Morgan fingerprint density at radius 3 is 2.41 bits per heavy atom. The van der Waals surface area contributed by atoms with E-state index in [0.29, 0.717) is 11.3 Å². The van der Waals surface area contributed by atoms with Crippen molar-refractivity contribution in [3.8, 4) is 5.75 Å². The molecule has 0 radical (unpaired) electrons. The van der Waals surface area contributed by atoms with Crippen LogP contribution in [0.2, 0.25) is 0 Å². The highest BCUT2D eigenvalue weighted by atomic mass is 16.6. The van der Waals surface area contributed by atoms with E-state index in [1.165, 1.54) is 21.3 Å². The average Bonchev–Trinajstić information content (AvgIpc) is 2.56. The van der Waals surface area contributed by atoms with Gasteiger partial charge in [0, 0.05) is 0 Å². The summed E-state index contributed by atoms with van der Waals surface area (Å²) in [6.45, 7) is -0.867. The number of hydrogen-bond donors (Lipinski definition) is 2. The number of ether oxygens (including phenoxy) is 4. The smallest absolute Gasteiger partial charge is 0.377 e. The first-order valence-electron chi connectivity index (χ1n) is 6.50. The maximum Gasteiger partial charge on any atom is 0.377 e. The molecule has 0 aliphatic rings. The van der Waals surface area contributed by atoms with Gasteiger partial charge in [0.25, 0.3) is 0 Å². The molecule has 0 bridgehead atoms. The lowest BCUT2D eigenvalue weighted by Gasteiger charge is -2.15. The van der Waals surface area contributed by atoms with E-state index >= 15 is 0 Å². The molecule has 1 aromatic carbocycles. The van der Waals surface area contributed by atoms with Gasteiger partial charge in [0.15, 0.2) is 5.76 Å². The first-order chi connectivity index (χ1) is 10.6. The Balaban J connectivity index is 3.13. The van der Waals surface area contributed by atoms with Gasteiger partial charge in [-0.2, -0.15) is 0 Å². The molecule has 122 valence electrons. The van der Waals surface area contributed by atoms with E-state index in [0.717, 1.165) is 0 Å². The molecule has 0 heterocycles. The molecule has 7 heteroatoms. The molecular weight excluding hydrogens is 292 g/mol. The fourth-order valence-electron chi connectivity index (χ4n) is 1.72. The SMILES string of the molecule is COC(C(=O)OCC(O)CO)=C(OC)c1ccccc1OC. The highest BCUT2D eigenvalue weighted by Gasteiger charge is 2.23. The van der Waals surface area contributed by atoms with Crippen LogP contribution in [0.4, 0.5) is 0 Å². The third-order valence-corrected chi connectivity index (χ3v) is 2.77. The van der Waals surface area contributed by atoms with Crippen LogP contribution in [0.5, 0.6) is 5.75 Å². The van der Waals surface area contributed by atoms with Crippen LogP contribution in [-0.4, -0.2) is 56.8 Å². The van der Waals surface area contributed by atoms with E-state index in [9.17, 15) is 9.90 Å². The molecule has 0 aliphatic heterocycles. The fourth-order valence-corrected chi connectivity index (χ4v) is 1.72. The summed E-state index contributed by atoms with van der Waals surface area (Å²) in [4.78, 5) is 12.0. The molecule has 7 nitrogen and oxygen atoms in total. The quantitative estimate of drug-likeness (QED) is 0.411. The summed E-state index contributed by atoms with van der Waals surface area (Å²) in [6.07, 6.45) is -1.15. The molecular formula is C15H20O7. The summed E-state index contributed by atoms with van der Waals surface area (Å²) >= 11 is 0. The van der Waals surface area contributed by atoms with Gasteiger partial charge in [0.05, 0.1) is 33.5 Å². The minimum absolute atomic E-state index is 0.142. The largest absolute Gasteiger partial charge is 0.496 e. The fraction of sp³-hybridized carbons (Fsp3) is 0.400. The molecule has 0 amide bonds. The maximum atomic E-state index is 12.0. The van der Waals surface area contributed by atoms with Crippen molar-refractivity contribution < 1.29 is 34.0 Å². The molecule has 1 atom stereocenters. The highest BCUT2D eigenvalue weighted by Crippen LogP contribution is 2.29. The zero-order valence-electron chi connectivity index (χ0n) is 12.7. The standard InChI is InChI=1S/C15H20O7/c1-19-12-7-5-4-6-11(12)13(20-2)14(21-3)15(18)22-9-10(17)8-16/h4-7,10,16-17H,8-9H2,1-3H3. The number of aliphatic hydroxyl groups excluding tert-OH is 2. The van der Waals surface area contributed by atoms with Crippen LogP contribution < -0.4 is 4.74 Å². The Labute approximate surface area is 128 Å². The van der Waals surface area contributed by atoms with Crippen molar-refractivity contribution in [2.75, 3.05) is 34.5 Å². The number of esters is 1. The van der Waals surface area contributed by atoms with Gasteiger partial charge in [-0.15, -0.1) is 0 Å². The van der Waals surface area contributed by atoms with E-state index in [2.05, 4.69) is 0 Å². The molecule has 0 aromatic heterocycles. The van der Waals surface area contributed by atoms with Crippen LogP contribution in [0.3, 0.4) is 0 Å². The summed E-state index contributed by atoms with van der Waals surface area (Å²) in [5, 5.41) is 17.9. The highest BCUT2D eigenvalue weighted by molar-refractivity contribution is 5.94. The molecule has 0 fully saturated rings. The summed E-state index contributed by atoms with van der Waals surface area (Å²) in [6, 6.07) is 6.94. The summed E-state index contributed by atoms with van der Waals surface area (Å²) in [5.41, 5.74) is 0.518. The minimum Gasteiger partial charge on any atom is -0.496 e. The number of para-hydroxylation sites is 1. The predicted molar refractivity (Wildman–Crippen MR) is 78.0 cm³/mol. The van der Waals surface area contributed by atoms with Crippen molar-refractivity contribution >= 4 is 11.7 Å². The number of carbonyl (C=O) groups excluding carboxylic acids is 1. The van der Waals surface area contributed by atoms with E-state index in [1.807, 2.05) is 0 Å². The number of rotatable bonds is 8. The second kappa shape index (κ2) is 8.91. The lowest BCUT2D eigenvalue weighted by Crippen LogP contribution is -2.23. The van der Waals surface area contributed by atoms with Crippen molar-refractivity contribution in [3.05, 3.63) is 35.6 Å². The molecule has 1 aromatic rings. The molecule has 22 heavy (non-hydrogen) atoms. The normalized spacial score (nSPS) is 13.0. The van der Waals surface area contributed by atoms with Crippen molar-refractivity contribution in [1.29, 1.82) is 0 Å². The van der Waals surface area contributed by atoms with Crippen LogP contribution in [0.15, 0.2) is 30.0 Å². The second-order valence-corrected chi connectivity index (χ2v) is 4.20. The minimum atomic E-state index is -1.15. The summed E-state index contributed by atoms with van der Waals surface area (Å²) < 4.78 is 20.4. The van der Waals surface area contributed by atoms with Gasteiger partial charge >= 0.3 is 5.97 Å². The average molecular weight is 312 g/mol. The van der Waals surface area contributed by atoms with Crippen molar-refractivity contribution in [2.24, 2.45) is 0 Å². The van der Waals surface area contributed by atoms with Gasteiger partial charge in [-0.1, -0.05) is 12.1 Å². The van der Waals surface area contributed by atoms with Gasteiger partial charge in [-0.05, 0) is 12.1 Å². The Kier molecular flexibility index (Phi) is 7.21. The Morgan fingerprint density at radius 2 is 1.86 bits per heavy atom. The summed E-state index contributed by atoms with van der Waals surface area (Å²) in [7, 11) is 4.18. The van der Waals surface area contributed by atoms with Crippen LogP contribution in [0, 0.1) is 0 Å². The third kappa shape index (κ3) is 4.37. The number of hydrogen-bond acceptors (Lipinski definition) is 7. The maximum absolute atomic E-state index is 12.0. The molecule has 1 rings (SSSR count). The van der Waals surface area contributed by atoms with Gasteiger partial charge in [0.1, 0.15) is 18.5 Å². The van der Waals surface area contributed by atoms with Gasteiger partial charge in [-0.25, -0.2) is 4.79 Å². The molecule has 0 spiro atoms. The molecule has 1 unspecified atom stereocenters. The van der Waals surface area contributed by atoms with Gasteiger partial charge < -0.3 is 29.2 Å². The van der Waals surface area contributed by atoms with Crippen LogP contribution in [-0.2, 0) is 19.0 Å². The Bertz CT molecular complexity index is 524.